The maximum Gasteiger partial charge on any atom is 0.200 e. The van der Waals surface area contributed by atoms with Crippen LogP contribution >= 0.6 is 0 Å². The fourth-order valence-corrected chi connectivity index (χ4v) is 4.61. The van der Waals surface area contributed by atoms with Gasteiger partial charge in [-0.1, -0.05) is 72.8 Å². The Morgan fingerprint density at radius 1 is 0.576 bits per heavy atom. The Balaban J connectivity index is 1.47. The number of rotatable bonds is 2. The van der Waals surface area contributed by atoms with Gasteiger partial charge in [0.1, 0.15) is 0 Å². The number of aliphatic imine (C=N–C) groups is 1. The fraction of sp³-hybridized carbons (Fsp3) is 0.0333. The van der Waals surface area contributed by atoms with Crippen LogP contribution in [0.15, 0.2) is 114 Å². The van der Waals surface area contributed by atoms with Gasteiger partial charge in [-0.05, 0) is 68.7 Å². The molecule has 6 aromatic rings. The van der Waals surface area contributed by atoms with Crippen LogP contribution in [0.4, 0.5) is 11.4 Å². The summed E-state index contributed by atoms with van der Waals surface area (Å²) >= 11 is 0. The van der Waals surface area contributed by atoms with E-state index in [1.807, 2.05) is 24.1 Å². The van der Waals surface area contributed by atoms with Crippen LogP contribution in [-0.4, -0.2) is 13.0 Å². The molecule has 158 valence electrons. The molecule has 0 aliphatic heterocycles. The lowest BCUT2D eigenvalue weighted by Gasteiger charge is -2.21. The van der Waals surface area contributed by atoms with E-state index < -0.39 is 0 Å². The van der Waals surface area contributed by atoms with Crippen LogP contribution in [-0.2, 0) is 0 Å². The Morgan fingerprint density at radius 2 is 1.06 bits per heavy atom. The number of hydrogen-bond donors (Lipinski definition) is 1. The predicted molar refractivity (Wildman–Crippen MR) is 143 cm³/mol. The Hall–Kier alpha value is -4.37. The first-order valence-corrected chi connectivity index (χ1v) is 11.1. The highest BCUT2D eigenvalue weighted by Crippen LogP contribution is 2.32. The number of hydrogen-bond acceptors (Lipinski definition) is 1. The van der Waals surface area contributed by atoms with E-state index >= 15 is 0 Å². The molecule has 6 rings (SSSR count). The molecule has 0 aliphatic carbocycles. The van der Waals surface area contributed by atoms with Gasteiger partial charge < -0.3 is 10.6 Å². The summed E-state index contributed by atoms with van der Waals surface area (Å²) in [5.74, 6) is 0.455. The van der Waals surface area contributed by atoms with Crippen molar-refractivity contribution in [1.29, 1.82) is 0 Å². The van der Waals surface area contributed by atoms with Gasteiger partial charge in [0.25, 0.3) is 0 Å². The molecule has 0 fully saturated rings. The summed E-state index contributed by atoms with van der Waals surface area (Å²) in [6.07, 6.45) is 0. The zero-order valence-electron chi connectivity index (χ0n) is 18.4. The monoisotopic (exact) mass is 425 g/mol. The van der Waals surface area contributed by atoms with Gasteiger partial charge in [0.05, 0.1) is 11.4 Å². The third kappa shape index (κ3) is 3.35. The number of benzene rings is 6. The second-order valence-electron chi connectivity index (χ2n) is 8.42. The Kier molecular flexibility index (Phi) is 4.48. The first kappa shape index (κ1) is 19.3. The number of nitrogens with two attached hydrogens (primary N) is 1. The Labute approximate surface area is 192 Å². The Morgan fingerprint density at radius 3 is 1.70 bits per heavy atom. The maximum absolute atomic E-state index is 6.56. The molecule has 0 heterocycles. The van der Waals surface area contributed by atoms with Crippen LogP contribution in [0.3, 0.4) is 0 Å². The van der Waals surface area contributed by atoms with E-state index in [0.717, 1.165) is 27.5 Å². The van der Waals surface area contributed by atoms with Gasteiger partial charge in [-0.25, -0.2) is 4.99 Å². The molecule has 0 atom stereocenters. The number of fused-ring (bicyclic) bond motifs is 4. The first-order valence-electron chi connectivity index (χ1n) is 11.1. The van der Waals surface area contributed by atoms with Crippen molar-refractivity contribution < 1.29 is 0 Å². The molecule has 33 heavy (non-hydrogen) atoms. The molecular weight excluding hydrogens is 402 g/mol. The number of nitrogens with zero attached hydrogens (tertiary/aromatic N) is 2. The highest BCUT2D eigenvalue weighted by atomic mass is 15.2. The summed E-state index contributed by atoms with van der Waals surface area (Å²) in [6, 6.07) is 38.2. The highest BCUT2D eigenvalue weighted by Gasteiger charge is 2.11. The smallest absolute Gasteiger partial charge is 0.200 e. The van der Waals surface area contributed by atoms with Gasteiger partial charge in [0.15, 0.2) is 0 Å². The van der Waals surface area contributed by atoms with Crippen LogP contribution in [0.1, 0.15) is 0 Å². The van der Waals surface area contributed by atoms with E-state index in [0.29, 0.717) is 5.96 Å². The quantitative estimate of drug-likeness (QED) is 0.179. The van der Waals surface area contributed by atoms with E-state index in [2.05, 4.69) is 97.1 Å². The van der Waals surface area contributed by atoms with Crippen molar-refractivity contribution in [2.45, 2.75) is 0 Å². The zero-order chi connectivity index (χ0) is 22.4. The third-order valence-corrected chi connectivity index (χ3v) is 6.39. The van der Waals surface area contributed by atoms with Crippen molar-refractivity contribution in [1.82, 2.24) is 0 Å². The van der Waals surface area contributed by atoms with Crippen molar-refractivity contribution in [3.05, 3.63) is 109 Å². The molecule has 3 nitrogen and oxygen atoms in total. The van der Waals surface area contributed by atoms with Crippen molar-refractivity contribution in [3.8, 4) is 0 Å². The topological polar surface area (TPSA) is 41.6 Å². The molecule has 3 heteroatoms. The van der Waals surface area contributed by atoms with Gasteiger partial charge in [-0.2, -0.15) is 0 Å². The molecule has 0 bridgehead atoms. The summed E-state index contributed by atoms with van der Waals surface area (Å²) in [7, 11) is 1.98. The average molecular weight is 426 g/mol. The predicted octanol–water partition coefficient (Wildman–Crippen LogP) is 7.38. The van der Waals surface area contributed by atoms with E-state index in [4.69, 9.17) is 10.7 Å². The summed E-state index contributed by atoms with van der Waals surface area (Å²) in [5, 5.41) is 9.44. The third-order valence-electron chi connectivity index (χ3n) is 6.39. The molecule has 0 saturated carbocycles. The fourth-order valence-electron chi connectivity index (χ4n) is 4.61. The molecule has 0 radical (unpaired) electrons. The SMILES string of the molecule is CN(C(N)=Nc1cccc2cc3ccccc3cc12)c1cccc2cc3ccccc3cc12. The van der Waals surface area contributed by atoms with Crippen molar-refractivity contribution in [2.75, 3.05) is 11.9 Å². The van der Waals surface area contributed by atoms with Crippen LogP contribution in [0, 0.1) is 0 Å². The maximum atomic E-state index is 6.56. The van der Waals surface area contributed by atoms with Crippen LogP contribution in [0.25, 0.3) is 43.1 Å². The molecule has 0 saturated heterocycles. The molecule has 0 amide bonds. The molecular formula is C30H23N3. The van der Waals surface area contributed by atoms with Crippen molar-refractivity contribution in [2.24, 2.45) is 10.7 Å². The molecule has 0 unspecified atom stereocenters. The van der Waals surface area contributed by atoms with Crippen LogP contribution in [0.2, 0.25) is 0 Å². The lowest BCUT2D eigenvalue weighted by Crippen LogP contribution is -2.33. The molecule has 0 aliphatic rings. The summed E-state index contributed by atoms with van der Waals surface area (Å²) in [5.41, 5.74) is 8.47. The zero-order valence-corrected chi connectivity index (χ0v) is 18.4. The summed E-state index contributed by atoms with van der Waals surface area (Å²) in [6.45, 7) is 0. The highest BCUT2D eigenvalue weighted by molar-refractivity contribution is 6.10. The van der Waals surface area contributed by atoms with Crippen molar-refractivity contribution >= 4 is 60.4 Å². The molecule has 6 aromatic carbocycles. The second-order valence-corrected chi connectivity index (χ2v) is 8.42. The minimum atomic E-state index is 0.455. The first-order chi connectivity index (χ1) is 16.2. The van der Waals surface area contributed by atoms with Crippen LogP contribution < -0.4 is 10.6 Å². The molecule has 2 N–H and O–H groups in total. The number of guanidine groups is 1. The van der Waals surface area contributed by atoms with Gasteiger partial charge in [0.2, 0.25) is 5.96 Å². The normalized spacial score (nSPS) is 12.1. The van der Waals surface area contributed by atoms with Crippen molar-refractivity contribution in [3.63, 3.8) is 0 Å². The lowest BCUT2D eigenvalue weighted by atomic mass is 10.0. The lowest BCUT2D eigenvalue weighted by molar-refractivity contribution is 1.23. The van der Waals surface area contributed by atoms with E-state index in [1.165, 1.54) is 26.9 Å². The second kappa shape index (κ2) is 7.64. The van der Waals surface area contributed by atoms with E-state index in [9.17, 15) is 0 Å². The summed E-state index contributed by atoms with van der Waals surface area (Å²) < 4.78 is 0. The van der Waals surface area contributed by atoms with Gasteiger partial charge in [-0.15, -0.1) is 0 Å². The largest absolute Gasteiger partial charge is 0.369 e. The van der Waals surface area contributed by atoms with Gasteiger partial charge in [0, 0.05) is 17.8 Å². The number of anilines is 1. The van der Waals surface area contributed by atoms with Gasteiger partial charge >= 0.3 is 0 Å². The Bertz CT molecular complexity index is 1700. The minimum absolute atomic E-state index is 0.455. The minimum Gasteiger partial charge on any atom is -0.369 e. The van der Waals surface area contributed by atoms with E-state index in [-0.39, 0.29) is 0 Å². The van der Waals surface area contributed by atoms with Crippen LogP contribution in [0.5, 0.6) is 0 Å². The molecule has 0 aromatic heterocycles. The van der Waals surface area contributed by atoms with Gasteiger partial charge in [-0.3, -0.25) is 0 Å². The standard InChI is InChI=1S/C30H23N3/c1-33(29-15-7-13-25-17-21-9-3-5-11-23(21)19-27(25)29)30(31)32-28-14-6-12-24-16-20-8-2-4-10-22(20)18-26(24)28/h2-19H,1H3,(H2,31,32). The average Bonchev–Trinajstić information content (AvgIpc) is 2.85. The molecule has 0 spiro atoms. The van der Waals surface area contributed by atoms with E-state index in [1.54, 1.807) is 0 Å². The summed E-state index contributed by atoms with van der Waals surface area (Å²) in [4.78, 5) is 6.83.